The molecule has 108 valence electrons. The molecule has 2 heterocycles. The molecule has 0 bridgehead atoms. The topological polar surface area (TPSA) is 51.0 Å². The van der Waals surface area contributed by atoms with Crippen LogP contribution in [0.15, 0.2) is 28.9 Å². The Bertz CT molecular complexity index is 791. The van der Waals surface area contributed by atoms with Gasteiger partial charge in [-0.1, -0.05) is 16.8 Å². The number of halogens is 1. The molecule has 0 fully saturated rings. The standard InChI is InChI=1S/C16H16ClN3O/c1-9-7-14(17)16(12-5-4-6-18-15(9)12)19-8-13-10(2)20-21-11(13)3/h4-7,19H,8H2,1-3H3. The number of pyridine rings is 1. The van der Waals surface area contributed by atoms with Crippen LogP contribution in [-0.4, -0.2) is 10.1 Å². The predicted octanol–water partition coefficient (Wildman–Crippen LogP) is 4.41. The van der Waals surface area contributed by atoms with Crippen molar-refractivity contribution in [2.24, 2.45) is 0 Å². The number of hydrogen-bond acceptors (Lipinski definition) is 4. The van der Waals surface area contributed by atoms with Crippen LogP contribution < -0.4 is 5.32 Å². The van der Waals surface area contributed by atoms with Crippen LogP contribution in [0.25, 0.3) is 10.9 Å². The van der Waals surface area contributed by atoms with Crippen LogP contribution in [0.5, 0.6) is 0 Å². The number of rotatable bonds is 3. The zero-order chi connectivity index (χ0) is 15.0. The van der Waals surface area contributed by atoms with Gasteiger partial charge in [-0.2, -0.15) is 0 Å². The zero-order valence-electron chi connectivity index (χ0n) is 12.2. The zero-order valence-corrected chi connectivity index (χ0v) is 13.0. The van der Waals surface area contributed by atoms with Gasteiger partial charge in [-0.3, -0.25) is 4.98 Å². The Morgan fingerprint density at radius 1 is 1.29 bits per heavy atom. The maximum absolute atomic E-state index is 6.40. The summed E-state index contributed by atoms with van der Waals surface area (Å²) in [7, 11) is 0. The van der Waals surface area contributed by atoms with Crippen LogP contribution in [0.3, 0.4) is 0 Å². The molecule has 3 rings (SSSR count). The Labute approximate surface area is 128 Å². The lowest BCUT2D eigenvalue weighted by Crippen LogP contribution is -2.03. The lowest BCUT2D eigenvalue weighted by Gasteiger charge is -2.13. The SMILES string of the molecule is Cc1noc(C)c1CNc1c(Cl)cc(C)c2ncccc12. The molecule has 4 nitrogen and oxygen atoms in total. The Hall–Kier alpha value is -2.07. The van der Waals surface area contributed by atoms with Crippen molar-refractivity contribution in [3.63, 3.8) is 0 Å². The number of aryl methyl sites for hydroxylation is 3. The summed E-state index contributed by atoms with van der Waals surface area (Å²) in [5.74, 6) is 0.825. The second-order valence-electron chi connectivity index (χ2n) is 5.11. The Balaban J connectivity index is 2.01. The van der Waals surface area contributed by atoms with Crippen molar-refractivity contribution in [2.45, 2.75) is 27.3 Å². The summed E-state index contributed by atoms with van der Waals surface area (Å²) in [5.41, 5.74) is 4.88. The average molecular weight is 302 g/mol. The molecule has 0 aliphatic rings. The van der Waals surface area contributed by atoms with Gasteiger partial charge in [-0.05, 0) is 44.5 Å². The lowest BCUT2D eigenvalue weighted by molar-refractivity contribution is 0.392. The first kappa shape index (κ1) is 13.9. The summed E-state index contributed by atoms with van der Waals surface area (Å²) in [6, 6.07) is 5.88. The minimum atomic E-state index is 0.619. The highest BCUT2D eigenvalue weighted by molar-refractivity contribution is 6.35. The maximum atomic E-state index is 6.40. The van der Waals surface area contributed by atoms with Gasteiger partial charge in [0.1, 0.15) is 5.76 Å². The van der Waals surface area contributed by atoms with E-state index in [2.05, 4.69) is 15.5 Å². The first-order chi connectivity index (χ1) is 10.1. The third-order valence-corrected chi connectivity index (χ3v) is 3.95. The van der Waals surface area contributed by atoms with Crippen molar-refractivity contribution < 1.29 is 4.52 Å². The van der Waals surface area contributed by atoms with Crippen LogP contribution in [0.2, 0.25) is 5.02 Å². The highest BCUT2D eigenvalue weighted by Crippen LogP contribution is 2.33. The fraction of sp³-hybridized carbons (Fsp3) is 0.250. The summed E-state index contributed by atoms with van der Waals surface area (Å²) in [4.78, 5) is 4.43. The average Bonchev–Trinajstić information content (AvgIpc) is 2.78. The Morgan fingerprint density at radius 2 is 2.10 bits per heavy atom. The molecule has 0 spiro atoms. The first-order valence-corrected chi connectivity index (χ1v) is 7.15. The van der Waals surface area contributed by atoms with Crippen molar-refractivity contribution in [3.05, 3.63) is 52.0 Å². The summed E-state index contributed by atoms with van der Waals surface area (Å²) in [5, 5.41) is 9.08. The quantitative estimate of drug-likeness (QED) is 0.778. The van der Waals surface area contributed by atoms with E-state index in [1.54, 1.807) is 6.20 Å². The van der Waals surface area contributed by atoms with Crippen LogP contribution in [0.1, 0.15) is 22.6 Å². The van der Waals surface area contributed by atoms with Crippen molar-refractivity contribution in [1.29, 1.82) is 0 Å². The van der Waals surface area contributed by atoms with Gasteiger partial charge in [0.15, 0.2) is 0 Å². The summed E-state index contributed by atoms with van der Waals surface area (Å²) >= 11 is 6.40. The van der Waals surface area contributed by atoms with Crippen molar-refractivity contribution in [2.75, 3.05) is 5.32 Å². The normalized spacial score (nSPS) is 11.0. The van der Waals surface area contributed by atoms with Crippen LogP contribution in [0, 0.1) is 20.8 Å². The van der Waals surface area contributed by atoms with E-state index < -0.39 is 0 Å². The lowest BCUT2D eigenvalue weighted by atomic mass is 10.1. The van der Waals surface area contributed by atoms with Gasteiger partial charge in [0, 0.05) is 23.7 Å². The monoisotopic (exact) mass is 301 g/mol. The van der Waals surface area contributed by atoms with E-state index in [1.165, 1.54) is 0 Å². The molecule has 2 aromatic heterocycles. The fourth-order valence-electron chi connectivity index (χ4n) is 2.49. The Kier molecular flexibility index (Phi) is 3.55. The molecule has 0 saturated heterocycles. The van der Waals surface area contributed by atoms with E-state index >= 15 is 0 Å². The molecule has 0 radical (unpaired) electrons. The van der Waals surface area contributed by atoms with Crippen molar-refractivity contribution >= 4 is 28.2 Å². The van der Waals surface area contributed by atoms with Crippen LogP contribution in [0.4, 0.5) is 5.69 Å². The molecule has 0 unspecified atom stereocenters. The van der Waals surface area contributed by atoms with Crippen molar-refractivity contribution in [3.8, 4) is 0 Å². The van der Waals surface area contributed by atoms with Crippen molar-refractivity contribution in [1.82, 2.24) is 10.1 Å². The molecule has 21 heavy (non-hydrogen) atoms. The molecule has 1 N–H and O–H groups in total. The first-order valence-electron chi connectivity index (χ1n) is 6.77. The summed E-state index contributed by atoms with van der Waals surface area (Å²) in [6.07, 6.45) is 1.79. The van der Waals surface area contributed by atoms with Gasteiger partial charge in [-0.15, -0.1) is 0 Å². The summed E-state index contributed by atoms with van der Waals surface area (Å²) < 4.78 is 5.19. The molecular formula is C16H16ClN3O. The molecule has 0 atom stereocenters. The second kappa shape index (κ2) is 5.37. The van der Waals surface area contributed by atoms with Crippen LogP contribution >= 0.6 is 11.6 Å². The highest BCUT2D eigenvalue weighted by atomic mass is 35.5. The predicted molar refractivity (Wildman–Crippen MR) is 84.8 cm³/mol. The second-order valence-corrected chi connectivity index (χ2v) is 5.51. The minimum absolute atomic E-state index is 0.619. The highest BCUT2D eigenvalue weighted by Gasteiger charge is 2.12. The Morgan fingerprint density at radius 3 is 2.81 bits per heavy atom. The summed E-state index contributed by atoms with van der Waals surface area (Å²) in [6.45, 7) is 6.48. The molecule has 0 aliphatic carbocycles. The molecule has 1 aromatic carbocycles. The van der Waals surface area contributed by atoms with Crippen LogP contribution in [-0.2, 0) is 6.54 Å². The molecule has 5 heteroatoms. The third kappa shape index (κ3) is 2.47. The number of anilines is 1. The molecule has 0 aliphatic heterocycles. The van der Waals surface area contributed by atoms with Gasteiger partial charge in [-0.25, -0.2) is 0 Å². The van der Waals surface area contributed by atoms with E-state index in [0.717, 1.165) is 39.2 Å². The maximum Gasteiger partial charge on any atom is 0.138 e. The third-order valence-electron chi connectivity index (χ3n) is 3.66. The van der Waals surface area contributed by atoms with E-state index in [-0.39, 0.29) is 0 Å². The fourth-order valence-corrected chi connectivity index (χ4v) is 2.82. The van der Waals surface area contributed by atoms with Gasteiger partial charge < -0.3 is 9.84 Å². The molecule has 3 aromatic rings. The van der Waals surface area contributed by atoms with E-state index in [1.807, 2.05) is 39.0 Å². The molecule has 0 saturated carbocycles. The largest absolute Gasteiger partial charge is 0.379 e. The van der Waals surface area contributed by atoms with Gasteiger partial charge >= 0.3 is 0 Å². The smallest absolute Gasteiger partial charge is 0.138 e. The van der Waals surface area contributed by atoms with E-state index in [4.69, 9.17) is 16.1 Å². The van der Waals surface area contributed by atoms with Gasteiger partial charge in [0.05, 0.1) is 21.9 Å². The van der Waals surface area contributed by atoms with Gasteiger partial charge in [0.2, 0.25) is 0 Å². The number of hydrogen-bond donors (Lipinski definition) is 1. The molecular weight excluding hydrogens is 286 g/mol. The number of aromatic nitrogens is 2. The number of nitrogens with one attached hydrogen (secondary N) is 1. The van der Waals surface area contributed by atoms with Gasteiger partial charge in [0.25, 0.3) is 0 Å². The van der Waals surface area contributed by atoms with E-state index in [9.17, 15) is 0 Å². The molecule has 0 amide bonds. The minimum Gasteiger partial charge on any atom is -0.379 e. The van der Waals surface area contributed by atoms with E-state index in [0.29, 0.717) is 11.6 Å². The number of nitrogens with zero attached hydrogens (tertiary/aromatic N) is 2. The number of fused-ring (bicyclic) bond motifs is 1. The number of benzene rings is 1.